The fourth-order valence-corrected chi connectivity index (χ4v) is 2.78. The monoisotopic (exact) mass is 296 g/mol. The molecule has 0 aliphatic heterocycles. The van der Waals surface area contributed by atoms with E-state index in [9.17, 15) is 8.78 Å². The van der Waals surface area contributed by atoms with E-state index in [4.69, 9.17) is 5.73 Å². The lowest BCUT2D eigenvalue weighted by Crippen LogP contribution is -2.45. The zero-order valence-corrected chi connectivity index (χ0v) is 12.5. The Bertz CT molecular complexity index is 522. The van der Waals surface area contributed by atoms with Crippen LogP contribution in [0.15, 0.2) is 23.2 Å². The van der Waals surface area contributed by atoms with Gasteiger partial charge >= 0.3 is 0 Å². The molecule has 4 nitrogen and oxygen atoms in total. The molecule has 1 aliphatic rings. The maximum Gasteiger partial charge on any atom is 0.193 e. The van der Waals surface area contributed by atoms with Gasteiger partial charge in [0.2, 0.25) is 0 Å². The highest BCUT2D eigenvalue weighted by Gasteiger charge is 2.35. The van der Waals surface area contributed by atoms with Crippen molar-refractivity contribution in [3.8, 4) is 0 Å². The largest absolute Gasteiger partial charge is 0.370 e. The number of nitrogens with two attached hydrogens (primary N) is 1. The molecule has 116 valence electrons. The van der Waals surface area contributed by atoms with Crippen molar-refractivity contribution >= 4 is 11.6 Å². The molecule has 6 heteroatoms. The summed E-state index contributed by atoms with van der Waals surface area (Å²) in [7, 11) is 4.08. The van der Waals surface area contributed by atoms with Crippen molar-refractivity contribution in [1.29, 1.82) is 0 Å². The second kappa shape index (κ2) is 6.39. The molecule has 0 aromatic heterocycles. The van der Waals surface area contributed by atoms with Crippen LogP contribution in [0.1, 0.15) is 25.7 Å². The van der Waals surface area contributed by atoms with E-state index < -0.39 is 11.6 Å². The van der Waals surface area contributed by atoms with E-state index in [0.29, 0.717) is 6.54 Å². The predicted molar refractivity (Wildman–Crippen MR) is 81.4 cm³/mol. The summed E-state index contributed by atoms with van der Waals surface area (Å²) in [6, 6.07) is 3.19. The van der Waals surface area contributed by atoms with Gasteiger partial charge in [0.15, 0.2) is 5.96 Å². The number of nitrogens with one attached hydrogen (secondary N) is 1. The van der Waals surface area contributed by atoms with Crippen LogP contribution in [0, 0.1) is 11.6 Å². The number of guanidine groups is 1. The molecule has 1 saturated carbocycles. The van der Waals surface area contributed by atoms with Gasteiger partial charge in [0.1, 0.15) is 11.6 Å². The van der Waals surface area contributed by atoms with E-state index in [1.165, 1.54) is 12.8 Å². The lowest BCUT2D eigenvalue weighted by Gasteiger charge is -2.34. The summed E-state index contributed by atoms with van der Waals surface area (Å²) in [5, 5.41) is 2.63. The molecule has 0 radical (unpaired) electrons. The van der Waals surface area contributed by atoms with Crippen molar-refractivity contribution in [2.24, 2.45) is 10.7 Å². The van der Waals surface area contributed by atoms with Crippen LogP contribution in [0.2, 0.25) is 0 Å². The third-order valence-corrected chi connectivity index (χ3v) is 4.22. The molecule has 1 fully saturated rings. The first-order chi connectivity index (χ1) is 9.93. The highest BCUT2D eigenvalue weighted by Crippen LogP contribution is 2.33. The van der Waals surface area contributed by atoms with Crippen LogP contribution in [-0.4, -0.2) is 37.0 Å². The molecule has 0 bridgehead atoms. The minimum absolute atomic E-state index is 0.00146. The Morgan fingerprint density at radius 2 is 2.00 bits per heavy atom. The van der Waals surface area contributed by atoms with Crippen LogP contribution in [0.5, 0.6) is 0 Å². The summed E-state index contributed by atoms with van der Waals surface area (Å²) in [4.78, 5) is 6.50. The quantitative estimate of drug-likeness (QED) is 0.663. The number of rotatable bonds is 4. The fourth-order valence-electron chi connectivity index (χ4n) is 2.78. The number of hydrogen-bond acceptors (Lipinski definition) is 2. The second-order valence-electron chi connectivity index (χ2n) is 5.78. The van der Waals surface area contributed by atoms with E-state index in [1.807, 2.05) is 14.1 Å². The molecule has 1 aliphatic carbocycles. The second-order valence-corrected chi connectivity index (χ2v) is 5.78. The molecule has 2 rings (SSSR count). The number of likely N-dealkylation sites (N-methyl/N-ethyl adjacent to an activating group) is 1. The van der Waals surface area contributed by atoms with E-state index in [2.05, 4.69) is 15.2 Å². The summed E-state index contributed by atoms with van der Waals surface area (Å²) in [5.41, 5.74) is 5.82. The number of benzene rings is 1. The van der Waals surface area contributed by atoms with Crippen LogP contribution in [-0.2, 0) is 0 Å². The first-order valence-electron chi connectivity index (χ1n) is 7.12. The number of nitrogens with zero attached hydrogens (tertiary/aromatic N) is 2. The van der Waals surface area contributed by atoms with Gasteiger partial charge in [0.05, 0.1) is 12.2 Å². The van der Waals surface area contributed by atoms with Gasteiger partial charge in [-0.1, -0.05) is 12.8 Å². The smallest absolute Gasteiger partial charge is 0.193 e. The van der Waals surface area contributed by atoms with Crippen molar-refractivity contribution in [1.82, 2.24) is 4.90 Å². The molecule has 1 aromatic carbocycles. The van der Waals surface area contributed by atoms with Crippen molar-refractivity contribution in [3.63, 3.8) is 0 Å². The minimum Gasteiger partial charge on any atom is -0.370 e. The number of aliphatic imine (C=N–C) groups is 1. The van der Waals surface area contributed by atoms with Crippen molar-refractivity contribution in [2.45, 2.75) is 31.2 Å². The van der Waals surface area contributed by atoms with Gasteiger partial charge < -0.3 is 16.0 Å². The average molecular weight is 296 g/mol. The average Bonchev–Trinajstić information content (AvgIpc) is 2.91. The minimum atomic E-state index is -0.558. The zero-order chi connectivity index (χ0) is 15.5. The van der Waals surface area contributed by atoms with Crippen molar-refractivity contribution in [2.75, 3.05) is 26.0 Å². The molecular weight excluding hydrogens is 274 g/mol. The maximum atomic E-state index is 13.5. The number of hydrogen-bond donors (Lipinski definition) is 2. The zero-order valence-electron chi connectivity index (χ0n) is 12.5. The van der Waals surface area contributed by atoms with Crippen LogP contribution < -0.4 is 11.1 Å². The summed E-state index contributed by atoms with van der Waals surface area (Å²) < 4.78 is 26.6. The van der Waals surface area contributed by atoms with Crippen molar-refractivity contribution < 1.29 is 8.78 Å². The first-order valence-corrected chi connectivity index (χ1v) is 7.12. The number of anilines is 1. The van der Waals surface area contributed by atoms with Crippen LogP contribution in [0.3, 0.4) is 0 Å². The van der Waals surface area contributed by atoms with Gasteiger partial charge in [-0.15, -0.1) is 0 Å². The summed E-state index contributed by atoms with van der Waals surface area (Å²) in [5.74, 6) is -0.974. The van der Waals surface area contributed by atoms with Gasteiger partial charge in [-0.3, -0.25) is 4.99 Å². The molecule has 0 amide bonds. The van der Waals surface area contributed by atoms with Gasteiger partial charge in [0.25, 0.3) is 0 Å². The van der Waals surface area contributed by atoms with Crippen molar-refractivity contribution in [3.05, 3.63) is 29.8 Å². The fraction of sp³-hybridized carbons (Fsp3) is 0.533. The van der Waals surface area contributed by atoms with Gasteiger partial charge in [-0.25, -0.2) is 8.78 Å². The van der Waals surface area contributed by atoms with Crippen LogP contribution >= 0.6 is 0 Å². The highest BCUT2D eigenvalue weighted by atomic mass is 19.1. The molecule has 3 N–H and O–H groups in total. The number of halogens is 2. The molecule has 0 saturated heterocycles. The highest BCUT2D eigenvalue weighted by molar-refractivity contribution is 5.92. The molecule has 1 aromatic rings. The predicted octanol–water partition coefficient (Wildman–Crippen LogP) is 2.57. The standard InChI is InChI=1S/C15H22F2N4/c1-21(2)15(7-3-4-8-15)10-19-14(18)20-13-9-11(16)5-6-12(13)17/h5-6,9H,3-4,7-8,10H2,1-2H3,(H3,18,19,20). The summed E-state index contributed by atoms with van der Waals surface area (Å²) >= 11 is 0. The Balaban J connectivity index is 2.05. The van der Waals surface area contributed by atoms with Gasteiger partial charge in [-0.05, 0) is 39.1 Å². The van der Waals surface area contributed by atoms with Gasteiger partial charge in [-0.2, -0.15) is 0 Å². The van der Waals surface area contributed by atoms with E-state index in [-0.39, 0.29) is 17.2 Å². The molecule has 0 atom stereocenters. The SMILES string of the molecule is CN(C)C1(CN=C(N)Nc2cc(F)ccc2F)CCCC1. The van der Waals surface area contributed by atoms with E-state index in [0.717, 1.165) is 31.0 Å². The molecule has 0 heterocycles. The summed E-state index contributed by atoms with van der Waals surface area (Å²) in [6.45, 7) is 0.551. The third kappa shape index (κ3) is 3.69. The van der Waals surface area contributed by atoms with E-state index >= 15 is 0 Å². The molecule has 0 spiro atoms. The third-order valence-electron chi connectivity index (χ3n) is 4.22. The molecule has 21 heavy (non-hydrogen) atoms. The maximum absolute atomic E-state index is 13.5. The first kappa shape index (κ1) is 15.7. The Morgan fingerprint density at radius 3 is 2.62 bits per heavy atom. The Labute approximate surface area is 124 Å². The molecular formula is C15H22F2N4. The Hall–Kier alpha value is -1.69. The molecule has 0 unspecified atom stereocenters. The van der Waals surface area contributed by atoms with Crippen LogP contribution in [0.25, 0.3) is 0 Å². The normalized spacial score (nSPS) is 18.2. The van der Waals surface area contributed by atoms with Gasteiger partial charge in [0, 0.05) is 11.6 Å². The lowest BCUT2D eigenvalue weighted by molar-refractivity contribution is 0.167. The summed E-state index contributed by atoms with van der Waals surface area (Å²) in [6.07, 6.45) is 4.51. The van der Waals surface area contributed by atoms with Crippen LogP contribution in [0.4, 0.5) is 14.5 Å². The Kier molecular flexibility index (Phi) is 4.77. The van der Waals surface area contributed by atoms with E-state index in [1.54, 1.807) is 0 Å². The Morgan fingerprint density at radius 1 is 1.33 bits per heavy atom. The lowest BCUT2D eigenvalue weighted by atomic mass is 9.96. The topological polar surface area (TPSA) is 53.6 Å².